The number of hydrogen-bond donors (Lipinski definition) is 1. The van der Waals surface area contributed by atoms with Crippen LogP contribution in [0, 0.1) is 0 Å². The minimum Gasteiger partial charge on any atom is -0.378 e. The number of anilines is 1. The number of ether oxygens (including phenoxy) is 1. The second-order valence-electron chi connectivity index (χ2n) is 6.08. The number of nitrogens with one attached hydrogen (secondary N) is 1. The molecule has 2 heterocycles. The van der Waals surface area contributed by atoms with E-state index in [1.54, 1.807) is 19.2 Å². The highest BCUT2D eigenvalue weighted by molar-refractivity contribution is 6.29. The van der Waals surface area contributed by atoms with Gasteiger partial charge in [0, 0.05) is 38.3 Å². The zero-order chi connectivity index (χ0) is 17.7. The summed E-state index contributed by atoms with van der Waals surface area (Å²) in [6.07, 6.45) is 0.220. The van der Waals surface area contributed by atoms with Crippen LogP contribution in [0.5, 0.6) is 0 Å². The molecular weight excluding hydrogens is 328 g/mol. The van der Waals surface area contributed by atoms with E-state index in [2.05, 4.69) is 40.9 Å². The number of likely N-dealkylation sites (N-methyl/N-ethyl adjacent to an activating group) is 1. The molecule has 0 saturated carbocycles. The molecule has 1 aromatic rings. The third-order valence-corrected chi connectivity index (χ3v) is 4.74. The summed E-state index contributed by atoms with van der Waals surface area (Å²) < 4.78 is 5.27. The fraction of sp³-hybridized carbons (Fsp3) is 0.647. The first kappa shape index (κ1) is 19.0. The van der Waals surface area contributed by atoms with Crippen molar-refractivity contribution in [2.75, 3.05) is 44.7 Å². The van der Waals surface area contributed by atoms with E-state index >= 15 is 0 Å². The molecule has 1 saturated heterocycles. The van der Waals surface area contributed by atoms with Gasteiger partial charge >= 0.3 is 0 Å². The maximum atomic E-state index is 12.4. The van der Waals surface area contributed by atoms with Crippen LogP contribution in [0.15, 0.2) is 12.1 Å². The van der Waals surface area contributed by atoms with E-state index < -0.39 is 0 Å². The van der Waals surface area contributed by atoms with Gasteiger partial charge in [0.05, 0.1) is 6.10 Å². The highest BCUT2D eigenvalue weighted by Crippen LogP contribution is 2.23. The number of hydrogen-bond acceptors (Lipinski definition) is 5. The van der Waals surface area contributed by atoms with E-state index in [1.165, 1.54) is 0 Å². The van der Waals surface area contributed by atoms with Gasteiger partial charge in [-0.05, 0) is 32.1 Å². The monoisotopic (exact) mass is 354 g/mol. The number of amides is 1. The maximum absolute atomic E-state index is 12.4. The molecule has 0 unspecified atom stereocenters. The Morgan fingerprint density at radius 2 is 2.12 bits per heavy atom. The van der Waals surface area contributed by atoms with E-state index in [4.69, 9.17) is 16.3 Å². The summed E-state index contributed by atoms with van der Waals surface area (Å²) in [4.78, 5) is 21.1. The highest BCUT2D eigenvalue weighted by atomic mass is 35.5. The molecule has 0 bridgehead atoms. The van der Waals surface area contributed by atoms with Crippen LogP contribution >= 0.6 is 11.6 Å². The molecule has 7 heteroatoms. The van der Waals surface area contributed by atoms with Gasteiger partial charge in [-0.2, -0.15) is 0 Å². The van der Waals surface area contributed by atoms with Crippen LogP contribution < -0.4 is 10.2 Å². The summed E-state index contributed by atoms with van der Waals surface area (Å²) in [7, 11) is 1.70. The molecule has 1 aliphatic heterocycles. The molecule has 6 nitrogen and oxygen atoms in total. The quantitative estimate of drug-likeness (QED) is 0.724. The molecule has 0 spiro atoms. The normalized spacial score (nSPS) is 16.2. The van der Waals surface area contributed by atoms with Gasteiger partial charge in [0.25, 0.3) is 5.91 Å². The Morgan fingerprint density at radius 3 is 2.71 bits per heavy atom. The zero-order valence-electron chi connectivity index (χ0n) is 14.9. The van der Waals surface area contributed by atoms with Gasteiger partial charge in [-0.1, -0.05) is 25.4 Å². The number of nitrogens with zero attached hydrogens (tertiary/aromatic N) is 3. The lowest BCUT2D eigenvalue weighted by Gasteiger charge is -2.39. The van der Waals surface area contributed by atoms with Gasteiger partial charge < -0.3 is 15.0 Å². The van der Waals surface area contributed by atoms with Crippen LogP contribution in [0.3, 0.4) is 0 Å². The average molecular weight is 355 g/mol. The minimum absolute atomic E-state index is 0.122. The maximum Gasteiger partial charge on any atom is 0.251 e. The first-order chi connectivity index (χ1) is 11.5. The Bertz CT molecular complexity index is 560. The van der Waals surface area contributed by atoms with Crippen LogP contribution in [0.2, 0.25) is 5.15 Å². The Balaban J connectivity index is 1.98. The smallest absolute Gasteiger partial charge is 0.251 e. The van der Waals surface area contributed by atoms with Gasteiger partial charge in [0.2, 0.25) is 0 Å². The molecule has 1 N–H and O–H groups in total. The van der Waals surface area contributed by atoms with Crippen LogP contribution in [0.1, 0.15) is 31.1 Å². The Labute approximate surface area is 149 Å². The summed E-state index contributed by atoms with van der Waals surface area (Å²) in [5, 5.41) is 3.32. The van der Waals surface area contributed by atoms with Crippen molar-refractivity contribution in [1.29, 1.82) is 0 Å². The molecule has 0 aliphatic carbocycles. The van der Waals surface area contributed by atoms with Gasteiger partial charge in [0.1, 0.15) is 11.0 Å². The second kappa shape index (κ2) is 8.65. The van der Waals surface area contributed by atoms with E-state index in [0.29, 0.717) is 23.3 Å². The molecule has 0 radical (unpaired) electrons. The van der Waals surface area contributed by atoms with Crippen LogP contribution in [0.25, 0.3) is 0 Å². The standard InChI is InChI=1S/C17H27ClN4O2/c1-5-21(6-2)12(3)9-19-17(23)13-7-15(18)20-16(8-13)22-10-14(11-22)24-4/h7-8,12,14H,5-6,9-11H2,1-4H3,(H,19,23)/t12-/m0/s1. The van der Waals surface area contributed by atoms with E-state index in [1.807, 2.05) is 0 Å². The molecular formula is C17H27ClN4O2. The first-order valence-electron chi connectivity index (χ1n) is 8.46. The number of carbonyl (C=O) groups is 1. The topological polar surface area (TPSA) is 57.7 Å². The van der Waals surface area contributed by atoms with Gasteiger partial charge in [0.15, 0.2) is 0 Å². The first-order valence-corrected chi connectivity index (χ1v) is 8.83. The molecule has 2 rings (SSSR count). The lowest BCUT2D eigenvalue weighted by atomic mass is 10.1. The predicted molar refractivity (Wildman–Crippen MR) is 97.0 cm³/mol. The molecule has 1 fully saturated rings. The number of pyridine rings is 1. The number of halogens is 1. The van der Waals surface area contributed by atoms with Crippen LogP contribution in [0.4, 0.5) is 5.82 Å². The lowest BCUT2D eigenvalue weighted by molar-refractivity contribution is 0.0783. The zero-order valence-corrected chi connectivity index (χ0v) is 15.6. The van der Waals surface area contributed by atoms with Crippen molar-refractivity contribution in [1.82, 2.24) is 15.2 Å². The lowest BCUT2D eigenvalue weighted by Crippen LogP contribution is -2.52. The third-order valence-electron chi connectivity index (χ3n) is 4.54. The largest absolute Gasteiger partial charge is 0.378 e. The van der Waals surface area contributed by atoms with Crippen molar-refractivity contribution in [3.05, 3.63) is 22.8 Å². The Hall–Kier alpha value is -1.37. The van der Waals surface area contributed by atoms with Gasteiger partial charge in [-0.25, -0.2) is 4.98 Å². The molecule has 134 valence electrons. The molecule has 1 atom stereocenters. The summed E-state index contributed by atoms with van der Waals surface area (Å²) in [5.41, 5.74) is 0.539. The fourth-order valence-electron chi connectivity index (χ4n) is 2.87. The fourth-order valence-corrected chi connectivity index (χ4v) is 3.07. The summed E-state index contributed by atoms with van der Waals surface area (Å²) in [5.74, 6) is 0.598. The molecule has 1 aromatic heterocycles. The van der Waals surface area contributed by atoms with Gasteiger partial charge in [-0.15, -0.1) is 0 Å². The SMILES string of the molecule is CCN(CC)[C@@H](C)CNC(=O)c1cc(Cl)nc(N2CC(OC)C2)c1. The summed E-state index contributed by atoms with van der Waals surface area (Å²) in [6.45, 7) is 10.4. The molecule has 24 heavy (non-hydrogen) atoms. The number of methoxy groups -OCH3 is 1. The van der Waals surface area contributed by atoms with Crippen LogP contribution in [-0.4, -0.2) is 67.8 Å². The van der Waals surface area contributed by atoms with E-state index in [0.717, 1.165) is 32.0 Å². The summed E-state index contributed by atoms with van der Waals surface area (Å²) >= 11 is 6.09. The van der Waals surface area contributed by atoms with E-state index in [9.17, 15) is 4.79 Å². The number of carbonyl (C=O) groups excluding carboxylic acids is 1. The summed E-state index contributed by atoms with van der Waals surface area (Å²) in [6, 6.07) is 3.68. The number of aromatic nitrogens is 1. The minimum atomic E-state index is -0.122. The van der Waals surface area contributed by atoms with Gasteiger partial charge in [-0.3, -0.25) is 9.69 Å². The van der Waals surface area contributed by atoms with Crippen molar-refractivity contribution in [3.63, 3.8) is 0 Å². The van der Waals surface area contributed by atoms with Crippen molar-refractivity contribution in [3.8, 4) is 0 Å². The van der Waals surface area contributed by atoms with Crippen LogP contribution in [-0.2, 0) is 4.74 Å². The second-order valence-corrected chi connectivity index (χ2v) is 6.47. The van der Waals surface area contributed by atoms with E-state index in [-0.39, 0.29) is 12.0 Å². The third kappa shape index (κ3) is 4.59. The van der Waals surface area contributed by atoms with Crippen molar-refractivity contribution in [2.45, 2.75) is 32.9 Å². The van der Waals surface area contributed by atoms with Crippen molar-refractivity contribution >= 4 is 23.3 Å². The molecule has 0 aromatic carbocycles. The molecule has 1 aliphatic rings. The molecule has 1 amide bonds. The highest BCUT2D eigenvalue weighted by Gasteiger charge is 2.28. The van der Waals surface area contributed by atoms with Crippen molar-refractivity contribution in [2.24, 2.45) is 0 Å². The Kier molecular flexibility index (Phi) is 6.83. The number of rotatable bonds is 8. The van der Waals surface area contributed by atoms with Crippen molar-refractivity contribution < 1.29 is 9.53 Å². The average Bonchev–Trinajstić information content (AvgIpc) is 2.52. The Morgan fingerprint density at radius 1 is 1.46 bits per heavy atom. The predicted octanol–water partition coefficient (Wildman–Crippen LogP) is 2.03.